The Morgan fingerprint density at radius 2 is 1.82 bits per heavy atom. The summed E-state index contributed by atoms with van der Waals surface area (Å²) in [6.07, 6.45) is 8.77. The summed E-state index contributed by atoms with van der Waals surface area (Å²) in [7, 11) is 0. The topological polar surface area (TPSA) is 193 Å². The summed E-state index contributed by atoms with van der Waals surface area (Å²) in [5.74, 6) is -0.0471. The minimum Gasteiger partial charge on any atom is -0.487 e. The zero-order chi connectivity index (χ0) is 46.0. The van der Waals surface area contributed by atoms with Gasteiger partial charge >= 0.3 is 0 Å². The standard InChI is InChI=1S/C48H56ClFN8O7S/c49-37-6-4-7-39(43(37)50)65-35-15-18-48(19-16-35,26-34-5-3-8-40(54-34)56-47-53-22-24-66-47)46(63)52-20-1-2-23-64-29-31-10-9-30(31)27-51-21-17-42(60)55-33-11-12-36-32(25-33)28-58(45(36)62)38-13-14-41(59)57-44(38)61/h3-8,11-12,22,24-25,30-31,35,38,51H,1-2,9-10,13-21,23,26-29H2,(H,52,63)(H,55,60)(H,53,54,56)(H,57,59,61)/t30?,31-,35?,38?,48?/m1/s1. The van der Waals surface area contributed by atoms with Gasteiger partial charge in [-0.1, -0.05) is 23.7 Å². The molecule has 2 aliphatic carbocycles. The largest absolute Gasteiger partial charge is 0.487 e. The number of nitrogens with zero attached hydrogens (tertiary/aromatic N) is 3. The molecule has 3 fully saturated rings. The molecule has 8 rings (SSSR count). The van der Waals surface area contributed by atoms with Gasteiger partial charge in [-0.25, -0.2) is 14.4 Å². The number of unbranched alkanes of at least 4 members (excludes halogenated alkanes) is 1. The van der Waals surface area contributed by atoms with Crippen molar-refractivity contribution in [2.45, 2.75) is 95.7 Å². The molecule has 2 aromatic heterocycles. The van der Waals surface area contributed by atoms with E-state index in [4.69, 9.17) is 26.1 Å². The summed E-state index contributed by atoms with van der Waals surface area (Å²) < 4.78 is 26.8. The van der Waals surface area contributed by atoms with Crippen LogP contribution in [0.15, 0.2) is 66.2 Å². The van der Waals surface area contributed by atoms with Crippen molar-refractivity contribution in [1.82, 2.24) is 30.8 Å². The van der Waals surface area contributed by atoms with Gasteiger partial charge in [0.15, 0.2) is 16.7 Å². The van der Waals surface area contributed by atoms with Crippen molar-refractivity contribution < 1.29 is 37.8 Å². The van der Waals surface area contributed by atoms with E-state index in [0.717, 1.165) is 48.6 Å². The molecule has 2 unspecified atom stereocenters. The maximum Gasteiger partial charge on any atom is 0.255 e. The van der Waals surface area contributed by atoms with Gasteiger partial charge in [-0.15, -0.1) is 11.3 Å². The minimum atomic E-state index is -0.705. The first-order valence-corrected chi connectivity index (χ1v) is 24.2. The number of thiazole rings is 1. The Hall–Kier alpha value is -5.49. The zero-order valence-electron chi connectivity index (χ0n) is 36.8. The van der Waals surface area contributed by atoms with Crippen LogP contribution < -0.4 is 31.3 Å². The van der Waals surface area contributed by atoms with Crippen LogP contribution in [0.5, 0.6) is 5.75 Å². The van der Waals surface area contributed by atoms with Gasteiger partial charge in [0.25, 0.3) is 5.91 Å². The van der Waals surface area contributed by atoms with Crippen molar-refractivity contribution in [3.05, 3.63) is 93.8 Å². The number of imide groups is 1. The maximum absolute atomic E-state index is 14.7. The number of pyridine rings is 1. The van der Waals surface area contributed by atoms with Gasteiger partial charge in [0.2, 0.25) is 23.6 Å². The number of ether oxygens (including phenoxy) is 2. The van der Waals surface area contributed by atoms with Crippen LogP contribution in [0.25, 0.3) is 0 Å². The molecule has 5 amide bonds. The third-order valence-corrected chi connectivity index (χ3v) is 14.2. The van der Waals surface area contributed by atoms with E-state index in [1.165, 1.54) is 22.3 Å². The van der Waals surface area contributed by atoms with Gasteiger partial charge in [0, 0.05) is 80.6 Å². The van der Waals surface area contributed by atoms with E-state index in [-0.39, 0.29) is 53.5 Å². The fraction of sp³-hybridized carbons (Fsp3) is 0.479. The average Bonchev–Trinajstić information content (AvgIpc) is 3.93. The number of rotatable bonds is 21. The number of carbonyl (C=O) groups excluding carboxylic acids is 5. The number of nitrogens with one attached hydrogen (secondary N) is 5. The molecule has 18 heteroatoms. The van der Waals surface area contributed by atoms with Crippen LogP contribution in [-0.2, 0) is 36.9 Å². The van der Waals surface area contributed by atoms with E-state index in [1.807, 2.05) is 23.6 Å². The van der Waals surface area contributed by atoms with Gasteiger partial charge in [-0.3, -0.25) is 29.3 Å². The lowest BCUT2D eigenvalue weighted by Crippen LogP contribution is -2.52. The summed E-state index contributed by atoms with van der Waals surface area (Å²) in [5.41, 5.74) is 1.92. The van der Waals surface area contributed by atoms with Gasteiger partial charge in [0.05, 0.1) is 16.5 Å². The predicted molar refractivity (Wildman–Crippen MR) is 248 cm³/mol. The molecule has 5 N–H and O–H groups in total. The number of halogens is 2. The second-order valence-corrected chi connectivity index (χ2v) is 19.0. The molecule has 3 atom stereocenters. The smallest absolute Gasteiger partial charge is 0.255 e. The van der Waals surface area contributed by atoms with Gasteiger partial charge < -0.3 is 35.6 Å². The quantitative estimate of drug-likeness (QED) is 0.0429. The van der Waals surface area contributed by atoms with Gasteiger partial charge in [-0.05, 0) is 124 Å². The molecule has 1 saturated heterocycles. The molecule has 0 bridgehead atoms. The Balaban J connectivity index is 0.723. The van der Waals surface area contributed by atoms with E-state index in [0.29, 0.717) is 100 Å². The van der Waals surface area contributed by atoms with Crippen LogP contribution in [0.2, 0.25) is 5.02 Å². The highest BCUT2D eigenvalue weighted by molar-refractivity contribution is 7.13. The van der Waals surface area contributed by atoms with Crippen molar-refractivity contribution in [1.29, 1.82) is 0 Å². The molecule has 4 aliphatic rings. The van der Waals surface area contributed by atoms with Crippen molar-refractivity contribution >= 4 is 69.1 Å². The number of hydrogen-bond acceptors (Lipinski definition) is 12. The monoisotopic (exact) mass is 942 g/mol. The number of fused-ring (bicyclic) bond motifs is 1. The predicted octanol–water partition coefficient (Wildman–Crippen LogP) is 6.94. The van der Waals surface area contributed by atoms with Gasteiger partial charge in [0.1, 0.15) is 11.9 Å². The second-order valence-electron chi connectivity index (χ2n) is 17.7. The molecule has 2 saturated carbocycles. The third kappa shape index (κ3) is 11.7. The molecule has 15 nitrogen and oxygen atoms in total. The fourth-order valence-corrected chi connectivity index (χ4v) is 10.0. The average molecular weight is 944 g/mol. The molecule has 0 radical (unpaired) electrons. The number of hydrogen-bond donors (Lipinski definition) is 5. The number of anilines is 3. The van der Waals surface area contributed by atoms with E-state index in [2.05, 4.69) is 31.6 Å². The molecular weight excluding hydrogens is 887 g/mol. The lowest BCUT2D eigenvalue weighted by molar-refractivity contribution is -0.137. The fourth-order valence-electron chi connectivity index (χ4n) is 9.33. The van der Waals surface area contributed by atoms with Crippen molar-refractivity contribution in [2.24, 2.45) is 17.3 Å². The van der Waals surface area contributed by atoms with Crippen LogP contribution >= 0.6 is 22.9 Å². The molecule has 66 heavy (non-hydrogen) atoms. The third-order valence-electron chi connectivity index (χ3n) is 13.2. The Labute approximate surface area is 392 Å². The number of carbonyl (C=O) groups is 5. The van der Waals surface area contributed by atoms with Crippen molar-refractivity contribution in [2.75, 3.05) is 43.5 Å². The van der Waals surface area contributed by atoms with Crippen LogP contribution in [0.3, 0.4) is 0 Å². The SMILES string of the molecule is O=C1CCC(N2Cc3cc(NC(=O)CCNCC4CC[C@@H]4COCCCCNC(=O)C4(Cc5cccc(Nc6nccs6)n5)CCC(Oc5cccc(Cl)c5F)CC4)ccc3C2=O)C(=O)N1. The number of amides is 5. The first-order valence-electron chi connectivity index (χ1n) is 22.9. The van der Waals surface area contributed by atoms with Crippen LogP contribution in [0, 0.1) is 23.1 Å². The first kappa shape index (κ1) is 47.0. The molecule has 0 spiro atoms. The molecule has 2 aromatic carbocycles. The number of piperidine rings is 1. The first-order chi connectivity index (χ1) is 32.0. The Bertz CT molecular complexity index is 2380. The van der Waals surface area contributed by atoms with Gasteiger partial charge in [-0.2, -0.15) is 0 Å². The van der Waals surface area contributed by atoms with E-state index in [9.17, 15) is 28.4 Å². The number of aromatic nitrogens is 2. The van der Waals surface area contributed by atoms with E-state index >= 15 is 0 Å². The highest BCUT2D eigenvalue weighted by atomic mass is 35.5. The zero-order valence-corrected chi connectivity index (χ0v) is 38.3. The maximum atomic E-state index is 14.7. The Morgan fingerprint density at radius 1 is 0.985 bits per heavy atom. The molecular formula is C48H56ClFN8O7S. The Morgan fingerprint density at radius 3 is 2.61 bits per heavy atom. The normalized spacial score (nSPS) is 22.6. The summed E-state index contributed by atoms with van der Waals surface area (Å²) in [6, 6.07) is 14.9. The molecule has 350 valence electrons. The van der Waals surface area contributed by atoms with E-state index < -0.39 is 23.2 Å². The highest BCUT2D eigenvalue weighted by Crippen LogP contribution is 2.42. The van der Waals surface area contributed by atoms with Crippen molar-refractivity contribution in [3.63, 3.8) is 0 Å². The molecule has 4 heterocycles. The van der Waals surface area contributed by atoms with E-state index in [1.54, 1.807) is 36.5 Å². The highest BCUT2D eigenvalue weighted by Gasteiger charge is 2.43. The van der Waals surface area contributed by atoms with Crippen LogP contribution in [0.1, 0.15) is 92.2 Å². The molecule has 2 aliphatic heterocycles. The lowest BCUT2D eigenvalue weighted by atomic mass is 9.69. The second kappa shape index (κ2) is 21.9. The summed E-state index contributed by atoms with van der Waals surface area (Å²) >= 11 is 7.48. The Kier molecular flexibility index (Phi) is 15.6. The van der Waals surface area contributed by atoms with Crippen molar-refractivity contribution in [3.8, 4) is 5.75 Å². The van der Waals surface area contributed by atoms with Crippen LogP contribution in [-0.4, -0.2) is 89.4 Å². The summed E-state index contributed by atoms with van der Waals surface area (Å²) in [4.78, 5) is 74.4. The lowest BCUT2D eigenvalue weighted by Gasteiger charge is -2.39. The number of benzene rings is 2. The molecule has 4 aromatic rings. The summed E-state index contributed by atoms with van der Waals surface area (Å²) in [6.45, 7) is 3.38. The van der Waals surface area contributed by atoms with Crippen LogP contribution in [0.4, 0.5) is 21.0 Å². The summed E-state index contributed by atoms with van der Waals surface area (Å²) in [5, 5.41) is 17.8. The minimum absolute atomic E-state index is 0.0110.